The van der Waals surface area contributed by atoms with Crippen LogP contribution in [0.1, 0.15) is 15.9 Å². The van der Waals surface area contributed by atoms with E-state index < -0.39 is 0 Å². The molecule has 0 spiro atoms. The van der Waals surface area contributed by atoms with Gasteiger partial charge in [0.05, 0.1) is 5.56 Å². The number of hydrogen-bond donors (Lipinski definition) is 2. The number of nitrogens with one attached hydrogen (secondary N) is 2. The zero-order valence-electron chi connectivity index (χ0n) is 15.7. The Morgan fingerprint density at radius 2 is 1.66 bits per heavy atom. The van der Waals surface area contributed by atoms with Crippen molar-refractivity contribution >= 4 is 29.1 Å². The minimum Gasteiger partial charge on any atom is -0.483 e. The molecule has 0 atom stereocenters. The summed E-state index contributed by atoms with van der Waals surface area (Å²) in [6.07, 6.45) is 0.669. The highest BCUT2D eigenvalue weighted by Gasteiger charge is 2.13. The quantitative estimate of drug-likeness (QED) is 0.583. The van der Waals surface area contributed by atoms with Crippen molar-refractivity contribution in [3.63, 3.8) is 0 Å². The van der Waals surface area contributed by atoms with E-state index in [1.165, 1.54) is 0 Å². The van der Waals surface area contributed by atoms with Gasteiger partial charge < -0.3 is 15.4 Å². The molecular weight excluding hydrogens is 388 g/mol. The number of carbonyl (C=O) groups excluding carboxylic acids is 2. The van der Waals surface area contributed by atoms with E-state index in [4.69, 9.17) is 16.3 Å². The second kappa shape index (κ2) is 10.3. The van der Waals surface area contributed by atoms with Gasteiger partial charge in [0, 0.05) is 17.3 Å². The van der Waals surface area contributed by atoms with Crippen molar-refractivity contribution in [3.8, 4) is 5.75 Å². The number of ether oxygens (including phenoxy) is 1. The lowest BCUT2D eigenvalue weighted by Crippen LogP contribution is -2.30. The van der Waals surface area contributed by atoms with E-state index in [9.17, 15) is 9.59 Å². The van der Waals surface area contributed by atoms with Crippen molar-refractivity contribution in [1.29, 1.82) is 0 Å². The molecule has 0 aliphatic rings. The molecule has 0 saturated carbocycles. The Bertz CT molecular complexity index is 977. The smallest absolute Gasteiger partial charge is 0.259 e. The van der Waals surface area contributed by atoms with E-state index in [2.05, 4.69) is 10.6 Å². The first-order valence-corrected chi connectivity index (χ1v) is 9.59. The molecule has 6 heteroatoms. The van der Waals surface area contributed by atoms with Gasteiger partial charge in [0.2, 0.25) is 0 Å². The molecule has 0 radical (unpaired) electrons. The second-order valence-corrected chi connectivity index (χ2v) is 6.77. The van der Waals surface area contributed by atoms with Crippen molar-refractivity contribution in [2.75, 3.05) is 18.5 Å². The van der Waals surface area contributed by atoms with E-state index in [-0.39, 0.29) is 18.4 Å². The Morgan fingerprint density at radius 3 is 2.45 bits per heavy atom. The average Bonchev–Trinajstić information content (AvgIpc) is 2.73. The molecule has 3 rings (SSSR count). The van der Waals surface area contributed by atoms with Crippen LogP contribution in [0.25, 0.3) is 0 Å². The van der Waals surface area contributed by atoms with Crippen LogP contribution in [0.3, 0.4) is 0 Å². The van der Waals surface area contributed by atoms with Gasteiger partial charge in [0.25, 0.3) is 11.8 Å². The Morgan fingerprint density at radius 1 is 0.897 bits per heavy atom. The molecular formula is C23H21ClN2O3. The van der Waals surface area contributed by atoms with Crippen molar-refractivity contribution in [3.05, 3.63) is 95.0 Å². The van der Waals surface area contributed by atoms with Crippen LogP contribution in [0, 0.1) is 0 Å². The number of anilines is 1. The van der Waals surface area contributed by atoms with E-state index in [1.54, 1.807) is 36.4 Å². The van der Waals surface area contributed by atoms with Gasteiger partial charge in [-0.1, -0.05) is 54.1 Å². The summed E-state index contributed by atoms with van der Waals surface area (Å²) in [6, 6.07) is 23.5. The van der Waals surface area contributed by atoms with Crippen LogP contribution in [-0.4, -0.2) is 25.0 Å². The normalized spacial score (nSPS) is 10.2. The third-order valence-electron chi connectivity index (χ3n) is 4.15. The second-order valence-electron chi connectivity index (χ2n) is 6.33. The van der Waals surface area contributed by atoms with E-state index in [0.29, 0.717) is 35.0 Å². The third-order valence-corrected chi connectivity index (χ3v) is 4.38. The van der Waals surface area contributed by atoms with Crippen molar-refractivity contribution in [1.82, 2.24) is 5.32 Å². The van der Waals surface area contributed by atoms with E-state index >= 15 is 0 Å². The predicted octanol–water partition coefficient (Wildman–Crippen LogP) is 4.33. The number of carbonyl (C=O) groups is 2. The lowest BCUT2D eigenvalue weighted by Gasteiger charge is -2.12. The Balaban J connectivity index is 1.51. The van der Waals surface area contributed by atoms with Gasteiger partial charge in [-0.2, -0.15) is 0 Å². The lowest BCUT2D eigenvalue weighted by atomic mass is 10.1. The standard InChI is InChI=1S/C23H21ClN2O3/c24-18-8-6-7-17(15-18)13-14-25-22(27)16-29-21-12-5-4-11-20(21)23(28)26-19-9-2-1-3-10-19/h1-12,15H,13-14,16H2,(H,25,27)(H,26,28). The van der Waals surface area contributed by atoms with Gasteiger partial charge in [-0.05, 0) is 48.4 Å². The van der Waals surface area contributed by atoms with Crippen LogP contribution in [0.15, 0.2) is 78.9 Å². The summed E-state index contributed by atoms with van der Waals surface area (Å²) in [7, 11) is 0. The topological polar surface area (TPSA) is 67.4 Å². The highest BCUT2D eigenvalue weighted by Crippen LogP contribution is 2.19. The summed E-state index contributed by atoms with van der Waals surface area (Å²) in [5.74, 6) is -0.204. The molecule has 2 N–H and O–H groups in total. The number of benzene rings is 3. The first-order valence-electron chi connectivity index (χ1n) is 9.21. The monoisotopic (exact) mass is 408 g/mol. The van der Waals surface area contributed by atoms with E-state index in [0.717, 1.165) is 5.56 Å². The maximum atomic E-state index is 12.5. The molecule has 0 bridgehead atoms. The average molecular weight is 409 g/mol. The number of halogens is 1. The minimum absolute atomic E-state index is 0.175. The van der Waals surface area contributed by atoms with Gasteiger partial charge in [-0.15, -0.1) is 0 Å². The van der Waals surface area contributed by atoms with Gasteiger partial charge in [-0.25, -0.2) is 0 Å². The first kappa shape index (κ1) is 20.4. The molecule has 5 nitrogen and oxygen atoms in total. The van der Waals surface area contributed by atoms with Crippen molar-refractivity contribution in [2.45, 2.75) is 6.42 Å². The summed E-state index contributed by atoms with van der Waals surface area (Å²) < 4.78 is 5.59. The zero-order chi connectivity index (χ0) is 20.5. The molecule has 29 heavy (non-hydrogen) atoms. The Labute approximate surface area is 174 Å². The van der Waals surface area contributed by atoms with Crippen molar-refractivity contribution < 1.29 is 14.3 Å². The largest absolute Gasteiger partial charge is 0.483 e. The molecule has 3 aromatic rings. The maximum Gasteiger partial charge on any atom is 0.259 e. The van der Waals surface area contributed by atoms with Gasteiger partial charge in [-0.3, -0.25) is 9.59 Å². The SMILES string of the molecule is O=C(COc1ccccc1C(=O)Nc1ccccc1)NCCc1cccc(Cl)c1. The minimum atomic E-state index is -0.298. The van der Waals surface area contributed by atoms with Gasteiger partial charge >= 0.3 is 0 Å². The van der Waals surface area contributed by atoms with Crippen molar-refractivity contribution in [2.24, 2.45) is 0 Å². The molecule has 0 heterocycles. The first-order chi connectivity index (χ1) is 14.1. The highest BCUT2D eigenvalue weighted by atomic mass is 35.5. The molecule has 148 valence electrons. The Kier molecular flexibility index (Phi) is 7.25. The van der Waals surface area contributed by atoms with Gasteiger partial charge in [0.1, 0.15) is 5.75 Å². The van der Waals surface area contributed by atoms with Crippen LogP contribution in [-0.2, 0) is 11.2 Å². The van der Waals surface area contributed by atoms with Gasteiger partial charge in [0.15, 0.2) is 6.61 Å². The molecule has 0 aliphatic carbocycles. The fraction of sp³-hybridized carbons (Fsp3) is 0.130. The fourth-order valence-electron chi connectivity index (χ4n) is 2.73. The number of para-hydroxylation sites is 2. The van der Waals surface area contributed by atoms with Crippen LogP contribution < -0.4 is 15.4 Å². The zero-order valence-corrected chi connectivity index (χ0v) is 16.5. The summed E-state index contributed by atoms with van der Waals surface area (Å²) in [4.78, 5) is 24.6. The predicted molar refractivity (Wildman–Crippen MR) is 114 cm³/mol. The van der Waals surface area contributed by atoms with Crippen LogP contribution >= 0.6 is 11.6 Å². The summed E-state index contributed by atoms with van der Waals surface area (Å²) in [5, 5.41) is 6.28. The third kappa shape index (κ3) is 6.36. The summed E-state index contributed by atoms with van der Waals surface area (Å²) >= 11 is 5.96. The number of amides is 2. The number of rotatable bonds is 8. The molecule has 3 aromatic carbocycles. The molecule has 2 amide bonds. The maximum absolute atomic E-state index is 12.5. The Hall–Kier alpha value is -3.31. The molecule has 0 unspecified atom stereocenters. The number of hydrogen-bond acceptors (Lipinski definition) is 3. The lowest BCUT2D eigenvalue weighted by molar-refractivity contribution is -0.123. The molecule has 0 aliphatic heterocycles. The summed E-state index contributed by atoms with van der Waals surface area (Å²) in [6.45, 7) is 0.295. The fourth-order valence-corrected chi connectivity index (χ4v) is 2.95. The molecule has 0 saturated heterocycles. The molecule has 0 fully saturated rings. The summed E-state index contributed by atoms with van der Waals surface area (Å²) in [5.41, 5.74) is 2.09. The molecule has 0 aromatic heterocycles. The highest BCUT2D eigenvalue weighted by molar-refractivity contribution is 6.30. The van der Waals surface area contributed by atoms with Crippen LogP contribution in [0.2, 0.25) is 5.02 Å². The van der Waals surface area contributed by atoms with Crippen LogP contribution in [0.4, 0.5) is 5.69 Å². The van der Waals surface area contributed by atoms with E-state index in [1.807, 2.05) is 42.5 Å². The van der Waals surface area contributed by atoms with Crippen LogP contribution in [0.5, 0.6) is 5.75 Å².